The van der Waals surface area contributed by atoms with Crippen LogP contribution in [-0.4, -0.2) is 4.57 Å². The SMILES string of the molecule is c1ccc(-n2c3cc(-c4ccccc4-c4ccc5c(c4)-c4cccc6cccc(c46)O5)ccc3c3c4ccccc4ccc32)cc1. The zero-order chi connectivity index (χ0) is 30.2. The number of aromatic nitrogens is 1. The quantitative estimate of drug-likeness (QED) is 0.201. The molecule has 8 aromatic carbocycles. The predicted octanol–water partition coefficient (Wildman–Crippen LogP) is 12.2. The number of fused-ring (bicyclic) bond motifs is 7. The first-order chi connectivity index (χ1) is 22.8. The number of benzene rings is 8. The molecule has 0 atom stereocenters. The van der Waals surface area contributed by atoms with Gasteiger partial charge in [0.1, 0.15) is 11.5 Å². The number of para-hydroxylation sites is 1. The summed E-state index contributed by atoms with van der Waals surface area (Å²) in [6, 6.07) is 59.0. The molecule has 0 amide bonds. The zero-order valence-corrected chi connectivity index (χ0v) is 24.9. The first-order valence-corrected chi connectivity index (χ1v) is 15.8. The summed E-state index contributed by atoms with van der Waals surface area (Å²) in [6.45, 7) is 0. The molecule has 9 aromatic rings. The molecular weight excluding hydrogens is 558 g/mol. The molecule has 46 heavy (non-hydrogen) atoms. The van der Waals surface area contributed by atoms with Gasteiger partial charge in [0.25, 0.3) is 0 Å². The minimum atomic E-state index is 0.897. The van der Waals surface area contributed by atoms with Crippen LogP contribution in [-0.2, 0) is 0 Å². The number of rotatable bonds is 3. The Hall–Kier alpha value is -6.12. The summed E-state index contributed by atoms with van der Waals surface area (Å²) >= 11 is 0. The van der Waals surface area contributed by atoms with Gasteiger partial charge in [-0.3, -0.25) is 0 Å². The van der Waals surface area contributed by atoms with E-state index in [2.05, 4.69) is 168 Å². The summed E-state index contributed by atoms with van der Waals surface area (Å²) in [6.07, 6.45) is 0. The fourth-order valence-electron chi connectivity index (χ4n) is 7.53. The van der Waals surface area contributed by atoms with Crippen molar-refractivity contribution in [1.82, 2.24) is 4.57 Å². The van der Waals surface area contributed by atoms with Crippen LogP contribution in [0.25, 0.3) is 82.4 Å². The van der Waals surface area contributed by atoms with Gasteiger partial charge in [0.2, 0.25) is 0 Å². The minimum Gasteiger partial charge on any atom is -0.456 e. The maximum absolute atomic E-state index is 6.42. The first kappa shape index (κ1) is 25.2. The smallest absolute Gasteiger partial charge is 0.135 e. The second-order valence-corrected chi connectivity index (χ2v) is 12.1. The van der Waals surface area contributed by atoms with Gasteiger partial charge >= 0.3 is 0 Å². The lowest BCUT2D eigenvalue weighted by molar-refractivity contribution is 0.487. The summed E-state index contributed by atoms with van der Waals surface area (Å²) in [5, 5.41) is 7.46. The van der Waals surface area contributed by atoms with Crippen LogP contribution in [0.3, 0.4) is 0 Å². The number of hydrogen-bond acceptors (Lipinski definition) is 1. The topological polar surface area (TPSA) is 14.2 Å². The van der Waals surface area contributed by atoms with E-state index >= 15 is 0 Å². The highest BCUT2D eigenvalue weighted by Crippen LogP contribution is 2.48. The van der Waals surface area contributed by atoms with Gasteiger partial charge in [0, 0.05) is 27.4 Å². The van der Waals surface area contributed by atoms with Gasteiger partial charge in [0.05, 0.1) is 11.0 Å². The molecule has 2 heterocycles. The zero-order valence-electron chi connectivity index (χ0n) is 24.9. The molecule has 2 nitrogen and oxygen atoms in total. The molecule has 1 aliphatic heterocycles. The van der Waals surface area contributed by atoms with Crippen LogP contribution in [0.2, 0.25) is 0 Å². The second-order valence-electron chi connectivity index (χ2n) is 12.1. The summed E-state index contributed by atoms with van der Waals surface area (Å²) in [7, 11) is 0. The maximum Gasteiger partial charge on any atom is 0.135 e. The molecule has 0 radical (unpaired) electrons. The van der Waals surface area contributed by atoms with Gasteiger partial charge in [-0.2, -0.15) is 0 Å². The van der Waals surface area contributed by atoms with Crippen LogP contribution < -0.4 is 4.74 Å². The van der Waals surface area contributed by atoms with Crippen molar-refractivity contribution >= 4 is 43.4 Å². The standard InChI is InChI=1S/C44H27NO/c1-2-13-32(14-3-1)45-39-24-21-28-10-4-5-17-35(28)44(39)37-23-20-31(27-40(37)45)34-16-7-6-15-33(34)30-22-25-41-38(26-30)36-18-8-11-29-12-9-19-42(46-41)43(29)36/h1-27H. The summed E-state index contributed by atoms with van der Waals surface area (Å²) < 4.78 is 8.83. The van der Waals surface area contributed by atoms with E-state index in [-0.39, 0.29) is 0 Å². The van der Waals surface area contributed by atoms with Crippen molar-refractivity contribution in [1.29, 1.82) is 0 Å². The Labute approximate surface area is 266 Å². The highest BCUT2D eigenvalue weighted by Gasteiger charge is 2.21. The van der Waals surface area contributed by atoms with Crippen molar-refractivity contribution in [2.75, 3.05) is 0 Å². The fourth-order valence-corrected chi connectivity index (χ4v) is 7.53. The normalized spacial score (nSPS) is 12.1. The van der Waals surface area contributed by atoms with Crippen LogP contribution >= 0.6 is 0 Å². The van der Waals surface area contributed by atoms with Crippen molar-refractivity contribution in [3.05, 3.63) is 164 Å². The molecule has 10 rings (SSSR count). The van der Waals surface area contributed by atoms with Crippen molar-refractivity contribution in [2.24, 2.45) is 0 Å². The second kappa shape index (κ2) is 9.69. The van der Waals surface area contributed by atoms with Gasteiger partial charge in [-0.05, 0) is 86.4 Å². The Morgan fingerprint density at radius 3 is 1.93 bits per heavy atom. The van der Waals surface area contributed by atoms with E-state index in [1.807, 2.05) is 0 Å². The lowest BCUT2D eigenvalue weighted by Gasteiger charge is -2.22. The third kappa shape index (κ3) is 3.65. The molecule has 0 spiro atoms. The first-order valence-electron chi connectivity index (χ1n) is 15.8. The van der Waals surface area contributed by atoms with Gasteiger partial charge in [0.15, 0.2) is 0 Å². The largest absolute Gasteiger partial charge is 0.456 e. The number of ether oxygens (including phenoxy) is 1. The van der Waals surface area contributed by atoms with Gasteiger partial charge in [-0.25, -0.2) is 0 Å². The molecule has 2 heteroatoms. The third-order valence-corrected chi connectivity index (χ3v) is 9.58. The van der Waals surface area contributed by atoms with Crippen LogP contribution in [0.15, 0.2) is 164 Å². The van der Waals surface area contributed by atoms with Gasteiger partial charge in [-0.1, -0.05) is 121 Å². The predicted molar refractivity (Wildman–Crippen MR) is 192 cm³/mol. The number of nitrogens with zero attached hydrogens (tertiary/aromatic N) is 1. The summed E-state index contributed by atoms with van der Waals surface area (Å²) in [4.78, 5) is 0. The molecule has 0 aliphatic carbocycles. The lowest BCUT2D eigenvalue weighted by Crippen LogP contribution is -1.97. The van der Waals surface area contributed by atoms with E-state index in [0.717, 1.165) is 22.7 Å². The van der Waals surface area contributed by atoms with Crippen LogP contribution in [0.1, 0.15) is 0 Å². The Kier molecular flexibility index (Phi) is 5.31. The van der Waals surface area contributed by atoms with Crippen molar-refractivity contribution in [3.8, 4) is 50.6 Å². The Morgan fingerprint density at radius 1 is 0.370 bits per heavy atom. The third-order valence-electron chi connectivity index (χ3n) is 9.58. The Balaban J connectivity index is 1.19. The highest BCUT2D eigenvalue weighted by atomic mass is 16.5. The lowest BCUT2D eigenvalue weighted by atomic mass is 9.89. The van der Waals surface area contributed by atoms with E-state index in [0.29, 0.717) is 0 Å². The molecule has 1 aromatic heterocycles. The highest BCUT2D eigenvalue weighted by molar-refractivity contribution is 6.21. The summed E-state index contributed by atoms with van der Waals surface area (Å²) in [5.74, 6) is 1.82. The molecule has 214 valence electrons. The molecule has 0 bridgehead atoms. The summed E-state index contributed by atoms with van der Waals surface area (Å²) in [5.41, 5.74) is 10.7. The maximum atomic E-state index is 6.42. The molecule has 0 N–H and O–H groups in total. The fraction of sp³-hybridized carbons (Fsp3) is 0. The van der Waals surface area contributed by atoms with E-state index in [4.69, 9.17) is 4.74 Å². The molecule has 0 unspecified atom stereocenters. The Bertz CT molecular complexity index is 2660. The average Bonchev–Trinajstić information content (AvgIpc) is 3.46. The Morgan fingerprint density at radius 2 is 1.07 bits per heavy atom. The minimum absolute atomic E-state index is 0.897. The molecular formula is C44H27NO. The van der Waals surface area contributed by atoms with Crippen LogP contribution in [0.5, 0.6) is 11.5 Å². The van der Waals surface area contributed by atoms with Crippen LogP contribution in [0.4, 0.5) is 0 Å². The van der Waals surface area contributed by atoms with Gasteiger partial charge < -0.3 is 9.30 Å². The van der Waals surface area contributed by atoms with Crippen molar-refractivity contribution < 1.29 is 4.74 Å². The molecule has 0 saturated carbocycles. The van der Waals surface area contributed by atoms with E-state index < -0.39 is 0 Å². The average molecular weight is 586 g/mol. The van der Waals surface area contributed by atoms with Crippen molar-refractivity contribution in [3.63, 3.8) is 0 Å². The van der Waals surface area contributed by atoms with E-state index in [1.54, 1.807) is 0 Å². The molecule has 0 saturated heterocycles. The van der Waals surface area contributed by atoms with Gasteiger partial charge in [-0.15, -0.1) is 0 Å². The van der Waals surface area contributed by atoms with Crippen LogP contribution in [0, 0.1) is 0 Å². The molecule has 1 aliphatic rings. The van der Waals surface area contributed by atoms with Crippen molar-refractivity contribution in [2.45, 2.75) is 0 Å². The molecule has 0 fully saturated rings. The monoisotopic (exact) mass is 585 g/mol. The van der Waals surface area contributed by atoms with E-state index in [9.17, 15) is 0 Å². The van der Waals surface area contributed by atoms with E-state index in [1.165, 1.54) is 71.2 Å². The number of hydrogen-bond donors (Lipinski definition) is 0.